The highest BCUT2D eigenvalue weighted by Crippen LogP contribution is 2.63. The molecule has 1 aromatic rings. The normalized spacial score (nSPS) is 35.4. The van der Waals surface area contributed by atoms with Crippen molar-refractivity contribution in [3.8, 4) is 0 Å². The van der Waals surface area contributed by atoms with Gasteiger partial charge in [0.15, 0.2) is 5.69 Å². The maximum Gasteiger partial charge on any atom is 0.338 e. The third-order valence-electron chi connectivity index (χ3n) is 7.78. The molecule has 1 saturated carbocycles. The third-order valence-corrected chi connectivity index (χ3v) is 7.78. The zero-order valence-electron chi connectivity index (χ0n) is 19.3. The molecule has 6 atom stereocenters. The van der Waals surface area contributed by atoms with Crippen molar-refractivity contribution in [1.29, 1.82) is 0 Å². The third kappa shape index (κ3) is 3.80. The van der Waals surface area contributed by atoms with E-state index in [-0.39, 0.29) is 30.0 Å². The largest absolute Gasteiger partial charge is 0.595 e. The molecule has 0 aromatic heterocycles. The van der Waals surface area contributed by atoms with Gasteiger partial charge in [0.1, 0.15) is 18.3 Å². The van der Waals surface area contributed by atoms with Crippen LogP contribution < -0.4 is 5.23 Å². The Kier molecular flexibility index (Phi) is 6.05. The van der Waals surface area contributed by atoms with E-state index in [0.717, 1.165) is 0 Å². The number of ether oxygens (including phenoxy) is 3. The number of hydrogen-bond donors (Lipinski definition) is 3. The summed E-state index contributed by atoms with van der Waals surface area (Å²) in [6, 6.07) is 5.34. The highest BCUT2D eigenvalue weighted by atomic mass is 16.8. The summed E-state index contributed by atoms with van der Waals surface area (Å²) < 4.78 is 16.5. The highest BCUT2D eigenvalue weighted by molar-refractivity contribution is 5.94. The number of quaternary nitrogens is 1. The van der Waals surface area contributed by atoms with Crippen LogP contribution in [0.3, 0.4) is 0 Å². The molecule has 34 heavy (non-hydrogen) atoms. The number of hydrogen-bond acceptors (Lipinski definition) is 9. The van der Waals surface area contributed by atoms with Crippen molar-refractivity contribution in [2.75, 3.05) is 13.2 Å². The van der Waals surface area contributed by atoms with Crippen molar-refractivity contribution in [2.45, 2.75) is 51.7 Å². The number of benzene rings is 1. The number of aliphatic hydroxyl groups is 1. The SMILES string of the molecule is CC(=O)OCC1(C)CCCC2(C)C1C(OC(=O)c1ccc([NH+]([O-])O)cc1)C=C1C(=O)OCC12O. The van der Waals surface area contributed by atoms with E-state index < -0.39 is 51.6 Å². The van der Waals surface area contributed by atoms with Gasteiger partial charge in [-0.2, -0.15) is 5.23 Å². The Morgan fingerprint density at radius 1 is 1.24 bits per heavy atom. The molecule has 0 bridgehead atoms. The Morgan fingerprint density at radius 3 is 2.53 bits per heavy atom. The molecular formula is C24H29NO9. The van der Waals surface area contributed by atoms with Crippen LogP contribution in [0.2, 0.25) is 0 Å². The first-order valence-corrected chi connectivity index (χ1v) is 11.2. The fraction of sp³-hybridized carbons (Fsp3) is 0.542. The van der Waals surface area contributed by atoms with Crippen molar-refractivity contribution >= 4 is 23.6 Å². The molecule has 3 N–H and O–H groups in total. The molecule has 1 saturated heterocycles. The van der Waals surface area contributed by atoms with Crippen molar-refractivity contribution in [3.63, 3.8) is 0 Å². The first kappa shape index (κ1) is 24.3. The lowest BCUT2D eigenvalue weighted by molar-refractivity contribution is -0.991. The second-order valence-corrected chi connectivity index (χ2v) is 9.95. The molecule has 6 unspecified atom stereocenters. The first-order chi connectivity index (χ1) is 15.9. The number of nitrogens with one attached hydrogen (secondary N) is 1. The Hall–Kier alpha value is -2.79. The standard InChI is InChI=1S/C24H29NO9/c1-14(26)32-12-22(2)9-4-10-23(3)19(22)18(11-17-21(28)33-13-24(17,23)29)34-20(27)15-5-7-16(8-6-15)25(30)31/h5-8,11,18-19,25,29-30H,4,9-10,12-13H2,1-3H3. The molecule has 0 amide bonds. The minimum atomic E-state index is -1.56. The van der Waals surface area contributed by atoms with E-state index in [4.69, 9.17) is 19.4 Å². The maximum atomic E-state index is 13.0. The molecule has 0 radical (unpaired) electrons. The van der Waals surface area contributed by atoms with Crippen molar-refractivity contribution in [2.24, 2.45) is 16.7 Å². The average molecular weight is 475 g/mol. The molecule has 3 aliphatic rings. The second kappa shape index (κ2) is 8.46. The number of carbonyl (C=O) groups excluding carboxylic acids is 3. The van der Waals surface area contributed by atoms with Crippen LogP contribution in [-0.2, 0) is 23.8 Å². The van der Waals surface area contributed by atoms with Crippen LogP contribution in [0.1, 0.15) is 50.4 Å². The zero-order chi connectivity index (χ0) is 24.9. The number of rotatable bonds is 5. The fourth-order valence-electron chi connectivity index (χ4n) is 6.07. The minimum absolute atomic E-state index is 0.0314. The van der Waals surface area contributed by atoms with E-state index in [1.807, 2.05) is 13.8 Å². The predicted molar refractivity (Wildman–Crippen MR) is 116 cm³/mol. The van der Waals surface area contributed by atoms with Gasteiger partial charge in [-0.3, -0.25) is 4.79 Å². The molecule has 2 fully saturated rings. The van der Waals surface area contributed by atoms with Gasteiger partial charge in [-0.15, -0.1) is 0 Å². The smallest absolute Gasteiger partial charge is 0.338 e. The molecule has 1 heterocycles. The van der Waals surface area contributed by atoms with E-state index in [1.165, 1.54) is 37.3 Å². The van der Waals surface area contributed by atoms with Gasteiger partial charge in [0.2, 0.25) is 0 Å². The lowest BCUT2D eigenvalue weighted by atomic mass is 9.46. The van der Waals surface area contributed by atoms with Gasteiger partial charge < -0.3 is 24.5 Å². The van der Waals surface area contributed by atoms with Gasteiger partial charge in [-0.05, 0) is 31.1 Å². The van der Waals surface area contributed by atoms with Crippen LogP contribution in [0, 0.1) is 22.0 Å². The molecule has 2 aliphatic carbocycles. The summed E-state index contributed by atoms with van der Waals surface area (Å²) in [5, 5.41) is 30.8. The Bertz CT molecular complexity index is 1040. The zero-order valence-corrected chi connectivity index (χ0v) is 19.3. The van der Waals surface area contributed by atoms with Gasteiger partial charge in [0, 0.05) is 35.8 Å². The van der Waals surface area contributed by atoms with E-state index in [0.29, 0.717) is 19.3 Å². The highest BCUT2D eigenvalue weighted by Gasteiger charge is 2.68. The molecule has 1 aliphatic heterocycles. The van der Waals surface area contributed by atoms with Gasteiger partial charge >= 0.3 is 17.9 Å². The van der Waals surface area contributed by atoms with Crippen molar-refractivity contribution < 1.29 is 44.1 Å². The average Bonchev–Trinajstić information content (AvgIpc) is 3.08. The molecule has 0 spiro atoms. The fourth-order valence-corrected chi connectivity index (χ4v) is 6.07. The summed E-state index contributed by atoms with van der Waals surface area (Å²) >= 11 is 0. The summed E-state index contributed by atoms with van der Waals surface area (Å²) in [5.74, 6) is -2.27. The van der Waals surface area contributed by atoms with E-state index >= 15 is 0 Å². The van der Waals surface area contributed by atoms with Crippen LogP contribution in [0.25, 0.3) is 0 Å². The first-order valence-electron chi connectivity index (χ1n) is 11.2. The number of carbonyl (C=O) groups is 3. The van der Waals surface area contributed by atoms with Gasteiger partial charge in [0.25, 0.3) is 0 Å². The summed E-state index contributed by atoms with van der Waals surface area (Å²) in [4.78, 5) is 37.1. The summed E-state index contributed by atoms with van der Waals surface area (Å²) in [6.07, 6.45) is 2.49. The molecular weight excluding hydrogens is 446 g/mol. The van der Waals surface area contributed by atoms with Crippen molar-refractivity contribution in [1.82, 2.24) is 0 Å². The lowest BCUT2D eigenvalue weighted by Crippen LogP contribution is -2.99. The van der Waals surface area contributed by atoms with E-state index in [9.17, 15) is 24.7 Å². The Labute approximate surface area is 196 Å². The molecule has 184 valence electrons. The molecule has 1 aromatic carbocycles. The van der Waals surface area contributed by atoms with Crippen LogP contribution >= 0.6 is 0 Å². The van der Waals surface area contributed by atoms with Crippen LogP contribution in [0.4, 0.5) is 5.69 Å². The van der Waals surface area contributed by atoms with Gasteiger partial charge in [-0.1, -0.05) is 20.3 Å². The molecule has 10 nitrogen and oxygen atoms in total. The summed E-state index contributed by atoms with van der Waals surface area (Å²) in [7, 11) is 0. The van der Waals surface area contributed by atoms with Crippen LogP contribution in [0.5, 0.6) is 0 Å². The topological polar surface area (TPSA) is 147 Å². The van der Waals surface area contributed by atoms with Crippen molar-refractivity contribution in [3.05, 3.63) is 46.7 Å². The lowest BCUT2D eigenvalue weighted by Gasteiger charge is -2.60. The van der Waals surface area contributed by atoms with E-state index in [1.54, 1.807) is 0 Å². The predicted octanol–water partition coefficient (Wildman–Crippen LogP) is 1.22. The number of fused-ring (bicyclic) bond motifs is 3. The summed E-state index contributed by atoms with van der Waals surface area (Å²) in [6.45, 7) is 4.99. The van der Waals surface area contributed by atoms with Gasteiger partial charge in [0.05, 0.1) is 17.7 Å². The quantitative estimate of drug-likeness (QED) is 0.325. The Balaban J connectivity index is 1.74. The number of cyclic esters (lactones) is 1. The molecule has 10 heteroatoms. The van der Waals surface area contributed by atoms with E-state index in [2.05, 4.69) is 0 Å². The monoisotopic (exact) mass is 475 g/mol. The summed E-state index contributed by atoms with van der Waals surface area (Å²) in [5.41, 5.74) is -2.85. The minimum Gasteiger partial charge on any atom is -0.595 e. The molecule has 4 rings (SSSR count). The van der Waals surface area contributed by atoms with Crippen LogP contribution in [-0.4, -0.2) is 53.1 Å². The van der Waals surface area contributed by atoms with Crippen LogP contribution in [0.15, 0.2) is 35.9 Å². The second-order valence-electron chi connectivity index (χ2n) is 9.95. The number of esters is 3. The Morgan fingerprint density at radius 2 is 1.91 bits per heavy atom. The maximum absolute atomic E-state index is 13.0. The van der Waals surface area contributed by atoms with Gasteiger partial charge in [-0.25, -0.2) is 14.8 Å².